The Labute approximate surface area is 77.5 Å². The van der Waals surface area contributed by atoms with Gasteiger partial charge in [0.15, 0.2) is 11.6 Å². The second-order valence-electron chi connectivity index (χ2n) is 3.04. The van der Waals surface area contributed by atoms with E-state index in [1.54, 1.807) is 6.07 Å². The molecule has 0 fully saturated rings. The topological polar surface area (TPSA) is 36.9 Å². The maximum Gasteiger partial charge on any atom is 0.168 e. The van der Waals surface area contributed by atoms with Crippen molar-refractivity contribution in [2.75, 3.05) is 13.7 Å². The third-order valence-corrected chi connectivity index (χ3v) is 1.92. The Kier molecular flexibility index (Phi) is 3.25. The van der Waals surface area contributed by atoms with Crippen LogP contribution in [0, 0.1) is 12.7 Å². The van der Waals surface area contributed by atoms with Crippen LogP contribution in [0.15, 0.2) is 12.1 Å². The lowest BCUT2D eigenvalue weighted by Gasteiger charge is -2.07. The predicted molar refractivity (Wildman–Crippen MR) is 49.1 cm³/mol. The van der Waals surface area contributed by atoms with Gasteiger partial charge in [0.1, 0.15) is 0 Å². The molecule has 0 radical (unpaired) electrons. The van der Waals surface area contributed by atoms with Crippen molar-refractivity contribution in [2.24, 2.45) is 0 Å². The highest BCUT2D eigenvalue weighted by Crippen LogP contribution is 2.22. The van der Waals surface area contributed by atoms with E-state index in [9.17, 15) is 4.39 Å². The van der Waals surface area contributed by atoms with Crippen molar-refractivity contribution >= 4 is 0 Å². The average Bonchev–Trinajstić information content (AvgIpc) is 2.11. The highest BCUT2D eigenvalue weighted by Gasteiger charge is 2.09. The van der Waals surface area contributed by atoms with Crippen molar-refractivity contribution in [3.8, 4) is 5.75 Å². The number of halogens is 1. The average molecular weight is 184 g/mol. The van der Waals surface area contributed by atoms with Crippen molar-refractivity contribution in [3.05, 3.63) is 29.1 Å². The molecular formula is C10H15FNO+. The predicted octanol–water partition coefficient (Wildman–Crippen LogP) is 0.927. The Morgan fingerprint density at radius 2 is 2.15 bits per heavy atom. The number of rotatable bonds is 3. The number of hydrogen-bond acceptors (Lipinski definition) is 1. The van der Waals surface area contributed by atoms with E-state index in [4.69, 9.17) is 4.74 Å². The summed E-state index contributed by atoms with van der Waals surface area (Å²) in [5.41, 5.74) is 5.40. The number of hydrogen-bond donors (Lipinski definition) is 1. The summed E-state index contributed by atoms with van der Waals surface area (Å²) in [7, 11) is 1.48. The fourth-order valence-electron chi connectivity index (χ4n) is 1.33. The largest absolute Gasteiger partial charge is 0.494 e. The molecule has 0 aliphatic carbocycles. The van der Waals surface area contributed by atoms with E-state index in [1.165, 1.54) is 7.11 Å². The number of benzene rings is 1. The van der Waals surface area contributed by atoms with Crippen LogP contribution in [0.25, 0.3) is 0 Å². The normalized spacial score (nSPS) is 10.2. The third-order valence-electron chi connectivity index (χ3n) is 1.92. The minimum absolute atomic E-state index is 0.253. The van der Waals surface area contributed by atoms with E-state index in [0.29, 0.717) is 24.3 Å². The van der Waals surface area contributed by atoms with E-state index < -0.39 is 0 Å². The molecular weight excluding hydrogens is 169 g/mol. The van der Waals surface area contributed by atoms with Crippen LogP contribution >= 0.6 is 0 Å². The molecule has 0 amide bonds. The number of quaternary nitrogens is 1. The molecule has 0 saturated carbocycles. The zero-order chi connectivity index (χ0) is 9.84. The van der Waals surface area contributed by atoms with Crippen LogP contribution in [-0.4, -0.2) is 13.7 Å². The summed E-state index contributed by atoms with van der Waals surface area (Å²) < 4.78 is 18.4. The van der Waals surface area contributed by atoms with Gasteiger partial charge < -0.3 is 10.5 Å². The molecule has 3 heteroatoms. The minimum atomic E-state index is -0.253. The first-order valence-corrected chi connectivity index (χ1v) is 4.31. The van der Waals surface area contributed by atoms with Gasteiger partial charge in [0, 0.05) is 6.42 Å². The molecule has 0 saturated heterocycles. The standard InChI is InChI=1S/C10H14FNO/c1-7-5-8(3-4-12)10(11)9(6-7)13-2/h5-6H,3-4,12H2,1-2H3/p+1. The second-order valence-corrected chi connectivity index (χ2v) is 3.04. The van der Waals surface area contributed by atoms with E-state index in [2.05, 4.69) is 5.73 Å². The zero-order valence-corrected chi connectivity index (χ0v) is 8.06. The van der Waals surface area contributed by atoms with Crippen LogP contribution in [0.5, 0.6) is 5.75 Å². The molecule has 13 heavy (non-hydrogen) atoms. The molecule has 0 atom stereocenters. The van der Waals surface area contributed by atoms with Crippen LogP contribution in [0.4, 0.5) is 4.39 Å². The summed E-state index contributed by atoms with van der Waals surface area (Å²) >= 11 is 0. The molecule has 1 aromatic carbocycles. The second kappa shape index (κ2) is 4.23. The molecule has 0 aromatic heterocycles. The highest BCUT2D eigenvalue weighted by atomic mass is 19.1. The Bertz CT molecular complexity index is 299. The Morgan fingerprint density at radius 3 is 2.69 bits per heavy atom. The molecule has 0 aliphatic rings. The fourth-order valence-corrected chi connectivity index (χ4v) is 1.33. The lowest BCUT2D eigenvalue weighted by Crippen LogP contribution is -2.51. The summed E-state index contributed by atoms with van der Waals surface area (Å²) in [4.78, 5) is 0. The Morgan fingerprint density at radius 1 is 1.46 bits per heavy atom. The van der Waals surface area contributed by atoms with Gasteiger partial charge in [-0.15, -0.1) is 0 Å². The summed E-state index contributed by atoms with van der Waals surface area (Å²) in [5, 5.41) is 0. The van der Waals surface area contributed by atoms with Crippen LogP contribution in [0.3, 0.4) is 0 Å². The van der Waals surface area contributed by atoms with Gasteiger partial charge in [0.2, 0.25) is 0 Å². The third kappa shape index (κ3) is 2.18. The van der Waals surface area contributed by atoms with E-state index in [1.807, 2.05) is 13.0 Å². The van der Waals surface area contributed by atoms with Gasteiger partial charge in [-0.2, -0.15) is 0 Å². The summed E-state index contributed by atoms with van der Waals surface area (Å²) in [5.74, 6) is 0.0696. The van der Waals surface area contributed by atoms with Crippen LogP contribution in [0.1, 0.15) is 11.1 Å². The zero-order valence-electron chi connectivity index (χ0n) is 8.06. The van der Waals surface area contributed by atoms with Gasteiger partial charge in [-0.05, 0) is 24.1 Å². The lowest BCUT2D eigenvalue weighted by atomic mass is 10.1. The van der Waals surface area contributed by atoms with Crippen molar-refractivity contribution < 1.29 is 14.9 Å². The van der Waals surface area contributed by atoms with Crippen LogP contribution < -0.4 is 10.5 Å². The van der Waals surface area contributed by atoms with E-state index >= 15 is 0 Å². The maximum atomic E-state index is 13.5. The van der Waals surface area contributed by atoms with Gasteiger partial charge in [-0.3, -0.25) is 0 Å². The summed E-state index contributed by atoms with van der Waals surface area (Å²) in [6.07, 6.45) is 0.657. The minimum Gasteiger partial charge on any atom is -0.494 e. The maximum absolute atomic E-state index is 13.5. The lowest BCUT2D eigenvalue weighted by molar-refractivity contribution is -0.366. The molecule has 2 nitrogen and oxygen atoms in total. The monoisotopic (exact) mass is 184 g/mol. The first kappa shape index (κ1) is 9.99. The van der Waals surface area contributed by atoms with Crippen molar-refractivity contribution in [3.63, 3.8) is 0 Å². The fraction of sp³-hybridized carbons (Fsp3) is 0.400. The summed E-state index contributed by atoms with van der Waals surface area (Å²) in [6.45, 7) is 2.62. The smallest absolute Gasteiger partial charge is 0.168 e. The highest BCUT2D eigenvalue weighted by molar-refractivity contribution is 5.35. The SMILES string of the molecule is COc1cc(C)cc(CC[NH3+])c1F. The number of ether oxygens (including phenoxy) is 1. The molecule has 72 valence electrons. The van der Waals surface area contributed by atoms with Crippen molar-refractivity contribution in [1.29, 1.82) is 0 Å². The number of methoxy groups -OCH3 is 1. The Balaban J connectivity index is 3.11. The van der Waals surface area contributed by atoms with Crippen molar-refractivity contribution in [1.82, 2.24) is 0 Å². The molecule has 1 rings (SSSR count). The molecule has 0 aliphatic heterocycles. The van der Waals surface area contributed by atoms with Crippen LogP contribution in [-0.2, 0) is 6.42 Å². The first-order chi connectivity index (χ1) is 6.19. The van der Waals surface area contributed by atoms with Gasteiger partial charge in [0.25, 0.3) is 0 Å². The molecule has 0 bridgehead atoms. The van der Waals surface area contributed by atoms with Gasteiger partial charge >= 0.3 is 0 Å². The van der Waals surface area contributed by atoms with Crippen LogP contribution in [0.2, 0.25) is 0 Å². The molecule has 1 aromatic rings. The Hall–Kier alpha value is -1.09. The van der Waals surface area contributed by atoms with Crippen molar-refractivity contribution in [2.45, 2.75) is 13.3 Å². The van der Waals surface area contributed by atoms with Gasteiger partial charge in [-0.25, -0.2) is 4.39 Å². The van der Waals surface area contributed by atoms with E-state index in [0.717, 1.165) is 5.56 Å². The number of aryl methyl sites for hydroxylation is 1. The van der Waals surface area contributed by atoms with Gasteiger partial charge in [-0.1, -0.05) is 6.07 Å². The van der Waals surface area contributed by atoms with Gasteiger partial charge in [0.05, 0.1) is 13.7 Å². The first-order valence-electron chi connectivity index (χ1n) is 4.31. The quantitative estimate of drug-likeness (QED) is 0.745. The summed E-state index contributed by atoms with van der Waals surface area (Å²) in [6, 6.07) is 3.53. The van der Waals surface area contributed by atoms with E-state index in [-0.39, 0.29) is 5.82 Å². The molecule has 0 spiro atoms. The molecule has 3 N–H and O–H groups in total. The molecule has 0 unspecified atom stereocenters. The molecule has 0 heterocycles.